The molecule has 136 valence electrons. The minimum absolute atomic E-state index is 0.750. The van der Waals surface area contributed by atoms with E-state index in [2.05, 4.69) is 35.2 Å². The molecule has 5 heterocycles. The van der Waals surface area contributed by atoms with Crippen LogP contribution >= 0.6 is 0 Å². The van der Waals surface area contributed by atoms with Crippen molar-refractivity contribution < 1.29 is 0 Å². The maximum atomic E-state index is 4.77. The molecule has 27 heavy (non-hydrogen) atoms. The summed E-state index contributed by atoms with van der Waals surface area (Å²) < 4.78 is 3.46. The summed E-state index contributed by atoms with van der Waals surface area (Å²) in [6.45, 7) is 3.43. The van der Waals surface area contributed by atoms with Crippen LogP contribution in [0.1, 0.15) is 0 Å². The number of aryl methyl sites for hydroxylation is 1. The highest BCUT2D eigenvalue weighted by atomic mass is 15.4. The van der Waals surface area contributed by atoms with E-state index in [0.717, 1.165) is 54.7 Å². The normalized spacial score (nSPS) is 14.9. The molecule has 0 radical (unpaired) electrons. The lowest BCUT2D eigenvalue weighted by Crippen LogP contribution is -2.47. The van der Waals surface area contributed by atoms with Gasteiger partial charge in [0.05, 0.1) is 24.3 Å². The van der Waals surface area contributed by atoms with E-state index < -0.39 is 0 Å². The molecule has 1 aliphatic rings. The van der Waals surface area contributed by atoms with Crippen LogP contribution in [0.5, 0.6) is 0 Å². The highest BCUT2D eigenvalue weighted by Crippen LogP contribution is 2.21. The molecule has 1 fully saturated rings. The predicted molar refractivity (Wildman–Crippen MR) is 99.4 cm³/mol. The number of rotatable bonds is 3. The Morgan fingerprint density at radius 2 is 1.74 bits per heavy atom. The number of aromatic nitrogens is 8. The monoisotopic (exact) mass is 362 g/mol. The van der Waals surface area contributed by atoms with Crippen LogP contribution in [-0.2, 0) is 7.05 Å². The Bertz CT molecular complexity index is 1080. The fourth-order valence-corrected chi connectivity index (χ4v) is 3.25. The number of hydrogen-bond donors (Lipinski definition) is 0. The maximum absolute atomic E-state index is 4.77. The maximum Gasteiger partial charge on any atom is 0.177 e. The zero-order valence-electron chi connectivity index (χ0n) is 14.8. The summed E-state index contributed by atoms with van der Waals surface area (Å²) in [5.74, 6) is 1.82. The fourth-order valence-electron chi connectivity index (χ4n) is 3.25. The molecular weight excluding hydrogens is 344 g/mol. The lowest BCUT2D eigenvalue weighted by Gasteiger charge is -2.35. The smallest absolute Gasteiger partial charge is 0.177 e. The second kappa shape index (κ2) is 6.31. The third-order valence-electron chi connectivity index (χ3n) is 4.70. The molecule has 1 aliphatic heterocycles. The zero-order valence-corrected chi connectivity index (χ0v) is 14.8. The zero-order chi connectivity index (χ0) is 18.2. The molecule has 0 saturated carbocycles. The molecule has 4 aromatic heterocycles. The van der Waals surface area contributed by atoms with Gasteiger partial charge < -0.3 is 9.80 Å². The summed E-state index contributed by atoms with van der Waals surface area (Å²) in [6, 6.07) is 3.92. The van der Waals surface area contributed by atoms with E-state index >= 15 is 0 Å². The minimum Gasteiger partial charge on any atom is -0.352 e. The molecule has 0 unspecified atom stereocenters. The van der Waals surface area contributed by atoms with Crippen molar-refractivity contribution in [2.75, 3.05) is 36.0 Å². The van der Waals surface area contributed by atoms with E-state index in [-0.39, 0.29) is 0 Å². The van der Waals surface area contributed by atoms with Crippen LogP contribution in [-0.4, -0.2) is 65.7 Å². The standard InChI is InChI=1S/C17H18N10/c1-24-11-13(8-20-24)14-9-18-10-17(21-14)26-6-4-25(5-7-26)16-3-2-15-22-19-12-27(15)23-16/h2-3,8-12H,4-7H2,1H3. The summed E-state index contributed by atoms with van der Waals surface area (Å²) in [5, 5.41) is 16.7. The molecule has 10 heteroatoms. The fraction of sp³-hybridized carbons (Fsp3) is 0.294. The number of fused-ring (bicyclic) bond motifs is 1. The van der Waals surface area contributed by atoms with Crippen molar-refractivity contribution in [1.82, 2.24) is 39.6 Å². The molecule has 0 bridgehead atoms. The van der Waals surface area contributed by atoms with Crippen LogP contribution in [0.25, 0.3) is 16.9 Å². The molecule has 4 aromatic rings. The summed E-state index contributed by atoms with van der Waals surface area (Å²) in [7, 11) is 1.89. The Kier molecular flexibility index (Phi) is 3.66. The van der Waals surface area contributed by atoms with Crippen molar-refractivity contribution in [1.29, 1.82) is 0 Å². The van der Waals surface area contributed by atoms with Crippen molar-refractivity contribution in [3.63, 3.8) is 0 Å². The first-order chi connectivity index (χ1) is 13.3. The Balaban J connectivity index is 1.31. The SMILES string of the molecule is Cn1cc(-c2cncc(N3CCN(c4ccc5nncn5n4)CC3)n2)cn1. The lowest BCUT2D eigenvalue weighted by atomic mass is 10.2. The number of piperazine rings is 1. The van der Waals surface area contributed by atoms with Gasteiger partial charge in [-0.05, 0) is 12.1 Å². The van der Waals surface area contributed by atoms with E-state index in [1.54, 1.807) is 27.9 Å². The highest BCUT2D eigenvalue weighted by Gasteiger charge is 2.20. The van der Waals surface area contributed by atoms with Gasteiger partial charge in [0.15, 0.2) is 5.65 Å². The predicted octanol–water partition coefficient (Wildman–Crippen LogP) is 0.641. The van der Waals surface area contributed by atoms with Gasteiger partial charge in [0.1, 0.15) is 18.0 Å². The van der Waals surface area contributed by atoms with Crippen LogP contribution in [0.15, 0.2) is 43.2 Å². The molecule has 1 saturated heterocycles. The Labute approximate surface area is 155 Å². The Morgan fingerprint density at radius 3 is 2.52 bits per heavy atom. The second-order valence-electron chi connectivity index (χ2n) is 6.46. The molecular formula is C17H18N10. The van der Waals surface area contributed by atoms with Gasteiger partial charge >= 0.3 is 0 Å². The Hall–Kier alpha value is -3.56. The van der Waals surface area contributed by atoms with Gasteiger partial charge in [-0.2, -0.15) is 9.61 Å². The quantitative estimate of drug-likeness (QED) is 0.524. The molecule has 10 nitrogen and oxygen atoms in total. The minimum atomic E-state index is 0.750. The third-order valence-corrected chi connectivity index (χ3v) is 4.70. The average Bonchev–Trinajstić information content (AvgIpc) is 3.36. The molecule has 0 atom stereocenters. The van der Waals surface area contributed by atoms with E-state index in [0.29, 0.717) is 0 Å². The third kappa shape index (κ3) is 2.94. The van der Waals surface area contributed by atoms with Crippen molar-refractivity contribution in [2.45, 2.75) is 0 Å². The summed E-state index contributed by atoms with van der Waals surface area (Å²) in [4.78, 5) is 13.6. The number of hydrogen-bond acceptors (Lipinski definition) is 8. The first-order valence-electron chi connectivity index (χ1n) is 8.74. The topological polar surface area (TPSA) is 93.2 Å². The molecule has 0 amide bonds. The van der Waals surface area contributed by atoms with Gasteiger partial charge in [0, 0.05) is 45.0 Å². The summed E-state index contributed by atoms with van der Waals surface area (Å²) in [6.07, 6.45) is 8.96. The Morgan fingerprint density at radius 1 is 0.926 bits per heavy atom. The van der Waals surface area contributed by atoms with Crippen LogP contribution in [0.2, 0.25) is 0 Å². The van der Waals surface area contributed by atoms with Gasteiger partial charge in [0.25, 0.3) is 0 Å². The van der Waals surface area contributed by atoms with E-state index in [1.165, 1.54) is 0 Å². The van der Waals surface area contributed by atoms with Crippen molar-refractivity contribution >= 4 is 17.3 Å². The van der Waals surface area contributed by atoms with Crippen LogP contribution in [0.4, 0.5) is 11.6 Å². The first kappa shape index (κ1) is 15.7. The number of anilines is 2. The van der Waals surface area contributed by atoms with Gasteiger partial charge in [-0.25, -0.2) is 4.98 Å². The highest BCUT2D eigenvalue weighted by molar-refractivity contribution is 5.58. The molecule has 5 rings (SSSR count). The van der Waals surface area contributed by atoms with Gasteiger partial charge in [-0.3, -0.25) is 9.67 Å². The lowest BCUT2D eigenvalue weighted by molar-refractivity contribution is 0.635. The molecule has 0 aliphatic carbocycles. The van der Waals surface area contributed by atoms with E-state index in [9.17, 15) is 0 Å². The van der Waals surface area contributed by atoms with Gasteiger partial charge in [-0.15, -0.1) is 15.3 Å². The van der Waals surface area contributed by atoms with E-state index in [1.807, 2.05) is 31.6 Å². The number of nitrogens with zero attached hydrogens (tertiary/aromatic N) is 10. The van der Waals surface area contributed by atoms with Gasteiger partial charge in [0.2, 0.25) is 0 Å². The first-order valence-corrected chi connectivity index (χ1v) is 8.74. The van der Waals surface area contributed by atoms with Crippen molar-refractivity contribution in [3.05, 3.63) is 43.2 Å². The average molecular weight is 362 g/mol. The largest absolute Gasteiger partial charge is 0.352 e. The molecule has 0 aromatic carbocycles. The second-order valence-corrected chi connectivity index (χ2v) is 6.46. The van der Waals surface area contributed by atoms with Crippen LogP contribution < -0.4 is 9.80 Å². The van der Waals surface area contributed by atoms with Crippen molar-refractivity contribution in [2.24, 2.45) is 7.05 Å². The van der Waals surface area contributed by atoms with Crippen LogP contribution in [0, 0.1) is 0 Å². The van der Waals surface area contributed by atoms with Gasteiger partial charge in [-0.1, -0.05) is 0 Å². The molecule has 0 spiro atoms. The summed E-state index contributed by atoms with van der Waals surface area (Å²) in [5.41, 5.74) is 2.56. The van der Waals surface area contributed by atoms with Crippen molar-refractivity contribution in [3.8, 4) is 11.3 Å². The van der Waals surface area contributed by atoms with Crippen LogP contribution in [0.3, 0.4) is 0 Å². The summed E-state index contributed by atoms with van der Waals surface area (Å²) >= 11 is 0. The molecule has 0 N–H and O–H groups in total. The van der Waals surface area contributed by atoms with E-state index in [4.69, 9.17) is 4.98 Å².